The standard InChI is InChI=1S/C20H12ClF3N2O/c1-2-11-26-12-16(15-5-3-4-6-17(15)20(22,23)24)18(25-26)19(27)13-7-9-14(21)10-8-13/h1,3-10,12H,11H2. The number of benzene rings is 2. The van der Waals surface area contributed by atoms with Crippen LogP contribution in [0.2, 0.25) is 5.02 Å². The van der Waals surface area contributed by atoms with Gasteiger partial charge in [-0.2, -0.15) is 18.3 Å². The summed E-state index contributed by atoms with van der Waals surface area (Å²) < 4.78 is 41.6. The summed E-state index contributed by atoms with van der Waals surface area (Å²) >= 11 is 5.83. The molecule has 3 rings (SSSR count). The predicted molar refractivity (Wildman–Crippen MR) is 96.4 cm³/mol. The summed E-state index contributed by atoms with van der Waals surface area (Å²) in [6.45, 7) is 0.0229. The first-order chi connectivity index (χ1) is 12.8. The van der Waals surface area contributed by atoms with E-state index in [2.05, 4.69) is 11.0 Å². The molecule has 0 aliphatic carbocycles. The van der Waals surface area contributed by atoms with E-state index in [1.165, 1.54) is 53.3 Å². The molecule has 1 aromatic heterocycles. The van der Waals surface area contributed by atoms with E-state index in [0.717, 1.165) is 6.07 Å². The van der Waals surface area contributed by atoms with Crippen molar-refractivity contribution in [3.05, 3.63) is 76.6 Å². The highest BCUT2D eigenvalue weighted by molar-refractivity contribution is 6.30. The zero-order valence-corrected chi connectivity index (χ0v) is 14.6. The Morgan fingerprint density at radius 2 is 1.78 bits per heavy atom. The fourth-order valence-corrected chi connectivity index (χ4v) is 2.79. The minimum Gasteiger partial charge on any atom is -0.287 e. The number of nitrogens with zero attached hydrogens (tertiary/aromatic N) is 2. The van der Waals surface area contributed by atoms with Crippen molar-refractivity contribution in [1.29, 1.82) is 0 Å². The molecule has 3 aromatic rings. The monoisotopic (exact) mass is 388 g/mol. The average molecular weight is 389 g/mol. The molecule has 7 heteroatoms. The third-order valence-corrected chi connectivity index (χ3v) is 4.11. The Morgan fingerprint density at radius 1 is 1.11 bits per heavy atom. The molecule has 0 unspecified atom stereocenters. The molecule has 0 radical (unpaired) electrons. The fourth-order valence-electron chi connectivity index (χ4n) is 2.66. The van der Waals surface area contributed by atoms with Gasteiger partial charge >= 0.3 is 6.18 Å². The van der Waals surface area contributed by atoms with E-state index in [-0.39, 0.29) is 28.9 Å². The zero-order chi connectivity index (χ0) is 19.6. The van der Waals surface area contributed by atoms with Crippen LogP contribution in [0.15, 0.2) is 54.7 Å². The predicted octanol–water partition coefficient (Wildman–Crippen LogP) is 5.09. The lowest BCUT2D eigenvalue weighted by molar-refractivity contribution is -0.137. The van der Waals surface area contributed by atoms with E-state index in [9.17, 15) is 18.0 Å². The van der Waals surface area contributed by atoms with Crippen LogP contribution >= 0.6 is 11.6 Å². The maximum Gasteiger partial charge on any atom is 0.417 e. The summed E-state index contributed by atoms with van der Waals surface area (Å²) in [5, 5.41) is 4.56. The van der Waals surface area contributed by atoms with E-state index < -0.39 is 17.5 Å². The van der Waals surface area contributed by atoms with E-state index in [1.807, 2.05) is 0 Å². The molecule has 0 saturated carbocycles. The van der Waals surface area contributed by atoms with Crippen LogP contribution in [-0.4, -0.2) is 15.6 Å². The largest absolute Gasteiger partial charge is 0.417 e. The highest BCUT2D eigenvalue weighted by Gasteiger charge is 2.35. The number of carbonyl (C=O) groups is 1. The van der Waals surface area contributed by atoms with E-state index in [4.69, 9.17) is 18.0 Å². The molecular weight excluding hydrogens is 377 g/mol. The molecule has 0 atom stereocenters. The number of ketones is 1. The fraction of sp³-hybridized carbons (Fsp3) is 0.100. The van der Waals surface area contributed by atoms with Gasteiger partial charge in [-0.25, -0.2) is 0 Å². The number of halogens is 4. The number of hydrogen-bond donors (Lipinski definition) is 0. The topological polar surface area (TPSA) is 34.9 Å². The third kappa shape index (κ3) is 3.88. The van der Waals surface area contributed by atoms with Crippen molar-refractivity contribution < 1.29 is 18.0 Å². The van der Waals surface area contributed by atoms with Gasteiger partial charge in [0, 0.05) is 22.3 Å². The highest BCUT2D eigenvalue weighted by atomic mass is 35.5. The SMILES string of the molecule is C#CCn1cc(-c2ccccc2C(F)(F)F)c(C(=O)c2ccc(Cl)cc2)n1. The number of carbonyl (C=O) groups excluding carboxylic acids is 1. The van der Waals surface area contributed by atoms with Crippen molar-refractivity contribution >= 4 is 17.4 Å². The molecule has 0 aliphatic rings. The van der Waals surface area contributed by atoms with Crippen LogP contribution in [0.3, 0.4) is 0 Å². The molecule has 0 bridgehead atoms. The Kier molecular flexibility index (Phi) is 5.06. The lowest BCUT2D eigenvalue weighted by Crippen LogP contribution is -2.09. The van der Waals surface area contributed by atoms with Crippen LogP contribution in [0.1, 0.15) is 21.6 Å². The minimum absolute atomic E-state index is 0.0229. The van der Waals surface area contributed by atoms with Crippen molar-refractivity contribution in [3.8, 4) is 23.5 Å². The number of aromatic nitrogens is 2. The number of terminal acetylenes is 1. The second kappa shape index (κ2) is 7.29. The maximum atomic E-state index is 13.4. The Bertz CT molecular complexity index is 1030. The zero-order valence-electron chi connectivity index (χ0n) is 13.8. The molecule has 0 saturated heterocycles. The van der Waals surface area contributed by atoms with Gasteiger partial charge in [-0.1, -0.05) is 35.7 Å². The molecule has 2 aromatic carbocycles. The Hall–Kier alpha value is -3.04. The van der Waals surface area contributed by atoms with E-state index >= 15 is 0 Å². The van der Waals surface area contributed by atoms with Crippen LogP contribution in [-0.2, 0) is 12.7 Å². The van der Waals surface area contributed by atoms with E-state index in [0.29, 0.717) is 5.02 Å². The van der Waals surface area contributed by atoms with Gasteiger partial charge in [0.25, 0.3) is 0 Å². The summed E-state index contributed by atoms with van der Waals surface area (Å²) in [5.74, 6) is 1.84. The van der Waals surface area contributed by atoms with Crippen LogP contribution in [0.5, 0.6) is 0 Å². The van der Waals surface area contributed by atoms with Crippen molar-refractivity contribution in [1.82, 2.24) is 9.78 Å². The first-order valence-electron chi connectivity index (χ1n) is 7.79. The van der Waals surface area contributed by atoms with Gasteiger partial charge in [0.15, 0.2) is 0 Å². The van der Waals surface area contributed by atoms with Gasteiger partial charge in [-0.05, 0) is 35.9 Å². The number of rotatable bonds is 4. The van der Waals surface area contributed by atoms with Gasteiger partial charge in [0.2, 0.25) is 5.78 Å². The first kappa shape index (κ1) is 18.7. The molecule has 0 spiro atoms. The average Bonchev–Trinajstić information content (AvgIpc) is 3.05. The van der Waals surface area contributed by atoms with Gasteiger partial charge in [0.1, 0.15) is 12.2 Å². The lowest BCUT2D eigenvalue weighted by atomic mass is 9.96. The van der Waals surface area contributed by atoms with Gasteiger partial charge < -0.3 is 0 Å². The summed E-state index contributed by atoms with van der Waals surface area (Å²) in [6, 6.07) is 11.1. The van der Waals surface area contributed by atoms with Gasteiger partial charge in [0.05, 0.1) is 5.56 Å². The molecule has 136 valence electrons. The third-order valence-electron chi connectivity index (χ3n) is 3.86. The molecule has 0 amide bonds. The minimum atomic E-state index is -4.58. The number of alkyl halides is 3. The summed E-state index contributed by atoms with van der Waals surface area (Å²) in [4.78, 5) is 12.9. The first-order valence-corrected chi connectivity index (χ1v) is 8.17. The molecule has 27 heavy (non-hydrogen) atoms. The van der Waals surface area contributed by atoms with Gasteiger partial charge in [-0.15, -0.1) is 6.42 Å². The smallest absolute Gasteiger partial charge is 0.287 e. The Labute approximate surface area is 158 Å². The van der Waals surface area contributed by atoms with Crippen molar-refractivity contribution in [3.63, 3.8) is 0 Å². The lowest BCUT2D eigenvalue weighted by Gasteiger charge is -2.12. The van der Waals surface area contributed by atoms with Crippen LogP contribution in [0.4, 0.5) is 13.2 Å². The highest BCUT2D eigenvalue weighted by Crippen LogP contribution is 2.38. The van der Waals surface area contributed by atoms with Crippen molar-refractivity contribution in [2.45, 2.75) is 12.7 Å². The molecule has 3 nitrogen and oxygen atoms in total. The number of hydrogen-bond acceptors (Lipinski definition) is 2. The normalized spacial score (nSPS) is 11.2. The van der Waals surface area contributed by atoms with Gasteiger partial charge in [-0.3, -0.25) is 9.48 Å². The molecule has 0 fully saturated rings. The second-order valence-electron chi connectivity index (χ2n) is 5.67. The van der Waals surface area contributed by atoms with Crippen molar-refractivity contribution in [2.24, 2.45) is 0 Å². The molecule has 0 aliphatic heterocycles. The maximum absolute atomic E-state index is 13.4. The summed E-state index contributed by atoms with van der Waals surface area (Å²) in [5.41, 5.74) is -0.764. The van der Waals surface area contributed by atoms with Crippen molar-refractivity contribution in [2.75, 3.05) is 0 Å². The molecule has 1 heterocycles. The van der Waals surface area contributed by atoms with Crippen LogP contribution < -0.4 is 0 Å². The quantitative estimate of drug-likeness (QED) is 0.461. The van der Waals surface area contributed by atoms with Crippen LogP contribution in [0.25, 0.3) is 11.1 Å². The second-order valence-corrected chi connectivity index (χ2v) is 6.11. The summed E-state index contributed by atoms with van der Waals surface area (Å²) in [7, 11) is 0. The summed E-state index contributed by atoms with van der Waals surface area (Å²) in [6.07, 6.45) is 2.05. The van der Waals surface area contributed by atoms with E-state index in [1.54, 1.807) is 0 Å². The van der Waals surface area contributed by atoms with Crippen LogP contribution in [0, 0.1) is 12.3 Å². The Balaban J connectivity index is 2.19. The molecule has 0 N–H and O–H groups in total. The molecular formula is C20H12ClF3N2O. The Morgan fingerprint density at radius 3 is 2.41 bits per heavy atom.